The number of aryl methyl sites for hydroxylation is 1. The normalized spacial score (nSPS) is 10.2. The Hall–Kier alpha value is -3.19. The van der Waals surface area contributed by atoms with E-state index in [1.165, 1.54) is 11.3 Å². The van der Waals surface area contributed by atoms with Crippen molar-refractivity contribution in [3.8, 4) is 5.75 Å². The number of rotatable bonds is 6. The molecule has 0 aliphatic carbocycles. The van der Waals surface area contributed by atoms with Crippen LogP contribution in [0.15, 0.2) is 60.8 Å². The topological polar surface area (TPSA) is 80.3 Å². The van der Waals surface area contributed by atoms with Crippen molar-refractivity contribution in [2.45, 2.75) is 6.92 Å². The first-order valence-electron chi connectivity index (χ1n) is 7.92. The van der Waals surface area contributed by atoms with Crippen molar-refractivity contribution in [1.29, 1.82) is 0 Å². The summed E-state index contributed by atoms with van der Waals surface area (Å²) in [5.41, 5.74) is 1.30. The molecule has 26 heavy (non-hydrogen) atoms. The first-order chi connectivity index (χ1) is 12.6. The standard InChI is InChI=1S/C19H17N3O3S/c1-13-20-11-17(26-13)19(24)22-15-8-5-9-16(10-15)25-12-18(23)21-14-6-3-2-4-7-14/h2-11H,12H2,1H3,(H,21,23)(H,22,24). The fourth-order valence-corrected chi connectivity index (χ4v) is 2.86. The van der Waals surface area contributed by atoms with E-state index in [-0.39, 0.29) is 18.4 Å². The summed E-state index contributed by atoms with van der Waals surface area (Å²) in [5.74, 6) is 0.00633. The molecule has 0 unspecified atom stereocenters. The van der Waals surface area contributed by atoms with Crippen LogP contribution in [0.5, 0.6) is 5.75 Å². The quantitative estimate of drug-likeness (QED) is 0.696. The van der Waals surface area contributed by atoms with E-state index < -0.39 is 0 Å². The van der Waals surface area contributed by atoms with E-state index in [0.29, 0.717) is 22.0 Å². The third-order valence-corrected chi connectivity index (χ3v) is 4.28. The molecular formula is C19H17N3O3S. The highest BCUT2D eigenvalue weighted by atomic mass is 32.1. The number of anilines is 2. The van der Waals surface area contributed by atoms with Crippen LogP contribution in [-0.2, 0) is 4.79 Å². The number of hydrogen-bond donors (Lipinski definition) is 2. The molecule has 2 N–H and O–H groups in total. The maximum atomic E-state index is 12.2. The zero-order chi connectivity index (χ0) is 18.4. The molecule has 0 aliphatic rings. The number of hydrogen-bond acceptors (Lipinski definition) is 5. The van der Waals surface area contributed by atoms with E-state index in [1.54, 1.807) is 42.6 Å². The van der Waals surface area contributed by atoms with Gasteiger partial charge in [0.05, 0.1) is 11.2 Å². The number of amides is 2. The van der Waals surface area contributed by atoms with Gasteiger partial charge in [-0.1, -0.05) is 24.3 Å². The molecule has 3 aromatic rings. The highest BCUT2D eigenvalue weighted by Gasteiger charge is 2.10. The predicted molar refractivity (Wildman–Crippen MR) is 102 cm³/mol. The van der Waals surface area contributed by atoms with E-state index >= 15 is 0 Å². The number of carbonyl (C=O) groups excluding carboxylic acids is 2. The Kier molecular flexibility index (Phi) is 5.60. The number of benzene rings is 2. The number of para-hydroxylation sites is 1. The van der Waals surface area contributed by atoms with Gasteiger partial charge in [0.1, 0.15) is 10.6 Å². The lowest BCUT2D eigenvalue weighted by atomic mass is 10.3. The molecule has 3 rings (SSSR count). The molecule has 6 nitrogen and oxygen atoms in total. The predicted octanol–water partition coefficient (Wildman–Crippen LogP) is 3.72. The van der Waals surface area contributed by atoms with Crippen molar-refractivity contribution in [3.63, 3.8) is 0 Å². The lowest BCUT2D eigenvalue weighted by Crippen LogP contribution is -2.20. The summed E-state index contributed by atoms with van der Waals surface area (Å²) in [4.78, 5) is 28.7. The lowest BCUT2D eigenvalue weighted by molar-refractivity contribution is -0.118. The van der Waals surface area contributed by atoms with Crippen molar-refractivity contribution in [3.05, 3.63) is 70.7 Å². The van der Waals surface area contributed by atoms with E-state index in [0.717, 1.165) is 5.01 Å². The number of aromatic nitrogens is 1. The number of nitrogens with one attached hydrogen (secondary N) is 2. The van der Waals surface area contributed by atoms with Gasteiger partial charge >= 0.3 is 0 Å². The molecule has 2 aromatic carbocycles. The molecule has 0 atom stereocenters. The maximum absolute atomic E-state index is 12.2. The summed E-state index contributed by atoms with van der Waals surface area (Å²) in [7, 11) is 0. The summed E-state index contributed by atoms with van der Waals surface area (Å²) < 4.78 is 5.50. The molecule has 1 heterocycles. The van der Waals surface area contributed by atoms with Gasteiger partial charge in [-0.25, -0.2) is 4.98 Å². The summed E-state index contributed by atoms with van der Waals surface area (Å²) in [5, 5.41) is 6.36. The number of nitrogens with zero attached hydrogens (tertiary/aromatic N) is 1. The minimum Gasteiger partial charge on any atom is -0.484 e. The van der Waals surface area contributed by atoms with E-state index in [2.05, 4.69) is 15.6 Å². The first-order valence-corrected chi connectivity index (χ1v) is 8.73. The fraction of sp³-hybridized carbons (Fsp3) is 0.105. The second kappa shape index (κ2) is 8.26. The highest BCUT2D eigenvalue weighted by Crippen LogP contribution is 2.19. The fourth-order valence-electron chi connectivity index (χ4n) is 2.19. The average molecular weight is 367 g/mol. The van der Waals surface area contributed by atoms with Crippen LogP contribution >= 0.6 is 11.3 Å². The second-order valence-electron chi connectivity index (χ2n) is 5.43. The van der Waals surface area contributed by atoms with E-state index in [1.807, 2.05) is 25.1 Å². The van der Waals surface area contributed by atoms with Crippen LogP contribution in [-0.4, -0.2) is 23.4 Å². The molecular weight excluding hydrogens is 350 g/mol. The Morgan fingerprint density at radius 2 is 1.81 bits per heavy atom. The average Bonchev–Trinajstić information content (AvgIpc) is 3.08. The molecule has 0 radical (unpaired) electrons. The van der Waals surface area contributed by atoms with Gasteiger partial charge in [-0.2, -0.15) is 0 Å². The van der Waals surface area contributed by atoms with Gasteiger partial charge in [0.15, 0.2) is 6.61 Å². The lowest BCUT2D eigenvalue weighted by Gasteiger charge is -2.09. The van der Waals surface area contributed by atoms with Gasteiger partial charge in [-0.05, 0) is 31.2 Å². The Morgan fingerprint density at radius 3 is 2.54 bits per heavy atom. The first kappa shape index (κ1) is 17.6. The van der Waals surface area contributed by atoms with Crippen LogP contribution in [0.1, 0.15) is 14.7 Å². The van der Waals surface area contributed by atoms with E-state index in [9.17, 15) is 9.59 Å². The van der Waals surface area contributed by atoms with Crippen molar-refractivity contribution in [2.75, 3.05) is 17.2 Å². The van der Waals surface area contributed by atoms with Gasteiger partial charge in [0.25, 0.3) is 11.8 Å². The van der Waals surface area contributed by atoms with Crippen LogP contribution in [0.4, 0.5) is 11.4 Å². The minimum absolute atomic E-state index is 0.125. The van der Waals surface area contributed by atoms with Gasteiger partial charge in [-0.15, -0.1) is 11.3 Å². The van der Waals surface area contributed by atoms with Gasteiger partial charge in [0.2, 0.25) is 0 Å². The molecule has 0 saturated heterocycles. The Balaban J connectivity index is 1.55. The third kappa shape index (κ3) is 4.90. The third-order valence-electron chi connectivity index (χ3n) is 3.36. The zero-order valence-corrected chi connectivity index (χ0v) is 14.9. The Bertz CT molecular complexity index is 909. The Labute approximate surface area is 154 Å². The van der Waals surface area contributed by atoms with Gasteiger partial charge in [-0.3, -0.25) is 9.59 Å². The zero-order valence-electron chi connectivity index (χ0n) is 14.1. The molecule has 0 bridgehead atoms. The van der Waals surface area contributed by atoms with Crippen LogP contribution in [0.2, 0.25) is 0 Å². The summed E-state index contributed by atoms with van der Waals surface area (Å²) >= 11 is 1.33. The molecule has 132 valence electrons. The van der Waals surface area contributed by atoms with E-state index in [4.69, 9.17) is 4.74 Å². The minimum atomic E-state index is -0.259. The SMILES string of the molecule is Cc1ncc(C(=O)Nc2cccc(OCC(=O)Nc3ccccc3)c2)s1. The maximum Gasteiger partial charge on any atom is 0.267 e. The molecule has 0 fully saturated rings. The molecule has 2 amide bonds. The summed E-state index contributed by atoms with van der Waals surface area (Å²) in [6.07, 6.45) is 1.55. The van der Waals surface area contributed by atoms with Crippen LogP contribution in [0, 0.1) is 6.92 Å². The number of carbonyl (C=O) groups is 2. The molecule has 0 saturated carbocycles. The van der Waals surface area contributed by atoms with Crippen LogP contribution in [0.25, 0.3) is 0 Å². The number of thiazole rings is 1. The molecule has 0 spiro atoms. The smallest absolute Gasteiger partial charge is 0.267 e. The van der Waals surface area contributed by atoms with Gasteiger partial charge < -0.3 is 15.4 Å². The molecule has 1 aromatic heterocycles. The highest BCUT2D eigenvalue weighted by molar-refractivity contribution is 7.13. The monoisotopic (exact) mass is 367 g/mol. The number of ether oxygens (including phenoxy) is 1. The van der Waals surface area contributed by atoms with Crippen LogP contribution < -0.4 is 15.4 Å². The van der Waals surface area contributed by atoms with Gasteiger partial charge in [0, 0.05) is 17.4 Å². The molecule has 7 heteroatoms. The van der Waals surface area contributed by atoms with Crippen molar-refractivity contribution >= 4 is 34.5 Å². The van der Waals surface area contributed by atoms with Crippen LogP contribution in [0.3, 0.4) is 0 Å². The second-order valence-corrected chi connectivity index (χ2v) is 6.66. The summed E-state index contributed by atoms with van der Waals surface area (Å²) in [6, 6.07) is 16.1. The van der Waals surface area contributed by atoms with Crippen molar-refractivity contribution < 1.29 is 14.3 Å². The van der Waals surface area contributed by atoms with Crippen molar-refractivity contribution in [1.82, 2.24) is 4.98 Å². The van der Waals surface area contributed by atoms with Crippen molar-refractivity contribution in [2.24, 2.45) is 0 Å². The Morgan fingerprint density at radius 1 is 1.04 bits per heavy atom. The molecule has 0 aliphatic heterocycles. The summed E-state index contributed by atoms with van der Waals surface area (Å²) in [6.45, 7) is 1.72. The largest absolute Gasteiger partial charge is 0.484 e.